The van der Waals surface area contributed by atoms with E-state index in [1.54, 1.807) is 0 Å². The average Bonchev–Trinajstić information content (AvgIpc) is 1.94. The van der Waals surface area contributed by atoms with Gasteiger partial charge in [-0.25, -0.2) is 5.21 Å². The van der Waals surface area contributed by atoms with Gasteiger partial charge in [-0.2, -0.15) is 5.48 Å². The van der Waals surface area contributed by atoms with Crippen LogP contribution in [0.4, 0.5) is 5.69 Å². The normalized spacial score (nSPS) is 9.80. The number of rotatable bonds is 1. The summed E-state index contributed by atoms with van der Waals surface area (Å²) in [5.74, 6) is 0. The zero-order valence-corrected chi connectivity index (χ0v) is 5.72. The van der Waals surface area contributed by atoms with Crippen LogP contribution < -0.4 is 11.0 Å². The third-order valence-electron chi connectivity index (χ3n) is 1.04. The molecule has 0 bridgehead atoms. The van der Waals surface area contributed by atoms with Crippen molar-refractivity contribution in [2.75, 3.05) is 0 Å². The second kappa shape index (κ2) is 2.83. The van der Waals surface area contributed by atoms with Crippen LogP contribution in [0.5, 0.6) is 0 Å². The molecule has 54 valence electrons. The van der Waals surface area contributed by atoms with Gasteiger partial charge in [-0.3, -0.25) is 4.79 Å². The monoisotopic (exact) mass is 161 g/mol. The van der Waals surface area contributed by atoms with Crippen molar-refractivity contribution in [2.45, 2.75) is 0 Å². The molecule has 0 aliphatic rings. The van der Waals surface area contributed by atoms with E-state index in [-0.39, 0.29) is 11.2 Å². The van der Waals surface area contributed by atoms with Gasteiger partial charge in [0.15, 0.2) is 0 Å². The van der Waals surface area contributed by atoms with Crippen LogP contribution in [0.1, 0.15) is 0 Å². The molecule has 0 amide bonds. The molecular weight excluding hydrogens is 156 g/mol. The minimum Gasteiger partial charge on any atom is -0.322 e. The Labute approximate surface area is 61.4 Å². The van der Waals surface area contributed by atoms with Gasteiger partial charge >= 0.3 is 5.56 Å². The van der Waals surface area contributed by atoms with Crippen molar-refractivity contribution in [1.29, 1.82) is 0 Å². The van der Waals surface area contributed by atoms with E-state index in [2.05, 4.69) is 4.98 Å². The molecule has 1 rings (SSSR count). The summed E-state index contributed by atoms with van der Waals surface area (Å²) in [6.07, 6.45) is 1.36. The molecule has 0 unspecified atom stereocenters. The molecule has 0 radical (unpaired) electrons. The lowest BCUT2D eigenvalue weighted by atomic mass is 10.4. The minimum atomic E-state index is -0.355. The largest absolute Gasteiger partial charge is 0.322 e. The van der Waals surface area contributed by atoms with Gasteiger partial charge in [0.25, 0.3) is 0 Å². The van der Waals surface area contributed by atoms with Crippen LogP contribution in [0.25, 0.3) is 0 Å². The second-order valence-corrected chi connectivity index (χ2v) is 2.17. The highest BCUT2D eigenvalue weighted by Crippen LogP contribution is 2.04. The van der Waals surface area contributed by atoms with Crippen molar-refractivity contribution in [3.8, 4) is 0 Å². The highest BCUT2D eigenvalue weighted by Gasteiger charge is 2.01. The SMILES string of the molecule is O=c1[nH]cc(Cl)cc1[NH2+]O. The smallest absolute Gasteiger partial charge is 0.312 e. The van der Waals surface area contributed by atoms with Crippen LogP contribution in [0.3, 0.4) is 0 Å². The van der Waals surface area contributed by atoms with E-state index in [4.69, 9.17) is 16.8 Å². The lowest BCUT2D eigenvalue weighted by Gasteiger charge is -1.90. The van der Waals surface area contributed by atoms with Gasteiger partial charge in [-0.05, 0) is 0 Å². The van der Waals surface area contributed by atoms with E-state index in [1.165, 1.54) is 12.3 Å². The Morgan fingerprint density at radius 1 is 1.70 bits per heavy atom. The predicted molar refractivity (Wildman–Crippen MR) is 35.4 cm³/mol. The summed E-state index contributed by atoms with van der Waals surface area (Å²) < 4.78 is 0. The molecule has 5 heteroatoms. The van der Waals surface area contributed by atoms with Crippen molar-refractivity contribution < 1.29 is 10.7 Å². The topological polar surface area (TPSA) is 69.7 Å². The Balaban J connectivity index is 3.22. The molecule has 4 nitrogen and oxygen atoms in total. The van der Waals surface area contributed by atoms with E-state index < -0.39 is 0 Å². The van der Waals surface area contributed by atoms with E-state index in [0.29, 0.717) is 10.5 Å². The summed E-state index contributed by atoms with van der Waals surface area (Å²) in [4.78, 5) is 13.0. The van der Waals surface area contributed by atoms with Gasteiger partial charge in [-0.15, -0.1) is 0 Å². The van der Waals surface area contributed by atoms with Crippen molar-refractivity contribution in [3.63, 3.8) is 0 Å². The van der Waals surface area contributed by atoms with Crippen LogP contribution in [0.2, 0.25) is 5.02 Å². The average molecular weight is 162 g/mol. The summed E-state index contributed by atoms with van der Waals surface area (Å²) in [6.45, 7) is 0. The van der Waals surface area contributed by atoms with E-state index in [0.717, 1.165) is 0 Å². The molecule has 0 aromatic carbocycles. The summed E-state index contributed by atoms with van der Waals surface area (Å²) in [5, 5.41) is 8.83. The molecule has 1 heterocycles. The minimum absolute atomic E-state index is 0.160. The molecule has 0 aliphatic carbocycles. The highest BCUT2D eigenvalue weighted by atomic mass is 35.5. The van der Waals surface area contributed by atoms with E-state index in [1.807, 2.05) is 0 Å². The standard InChI is InChI=1S/C5H5ClN2O2/c6-3-1-4(8-10)5(9)7-2-3/h1-2,8,10H,(H,7,9)/p+1. The van der Waals surface area contributed by atoms with E-state index in [9.17, 15) is 4.79 Å². The molecule has 1 aromatic heterocycles. The number of quaternary nitrogens is 1. The fraction of sp³-hybridized carbons (Fsp3) is 0. The first-order chi connectivity index (χ1) is 4.74. The third kappa shape index (κ3) is 1.36. The highest BCUT2D eigenvalue weighted by molar-refractivity contribution is 6.30. The molecular formula is C5H6ClN2O2+. The fourth-order valence-electron chi connectivity index (χ4n) is 0.569. The van der Waals surface area contributed by atoms with Crippen LogP contribution in [0.15, 0.2) is 17.1 Å². The molecule has 1 aromatic rings. The number of nitrogens with one attached hydrogen (secondary N) is 1. The lowest BCUT2D eigenvalue weighted by molar-refractivity contribution is -0.826. The number of pyridine rings is 1. The molecule has 0 saturated heterocycles. The molecule has 4 N–H and O–H groups in total. The molecule has 10 heavy (non-hydrogen) atoms. The lowest BCUT2D eigenvalue weighted by Crippen LogP contribution is -2.76. The maximum atomic E-state index is 10.7. The number of H-pyrrole nitrogens is 1. The van der Waals surface area contributed by atoms with Crippen LogP contribution in [0, 0.1) is 0 Å². The third-order valence-corrected chi connectivity index (χ3v) is 1.25. The van der Waals surface area contributed by atoms with Gasteiger partial charge in [0.05, 0.1) is 5.02 Å². The first-order valence-electron chi connectivity index (χ1n) is 2.59. The Hall–Kier alpha value is -0.840. The van der Waals surface area contributed by atoms with Crippen LogP contribution in [-0.4, -0.2) is 10.2 Å². The Bertz CT molecular complexity index is 283. The van der Waals surface area contributed by atoms with Crippen molar-refractivity contribution in [1.82, 2.24) is 4.98 Å². The number of halogens is 1. The van der Waals surface area contributed by atoms with Gasteiger partial charge in [0.1, 0.15) is 0 Å². The van der Waals surface area contributed by atoms with Crippen LogP contribution in [-0.2, 0) is 0 Å². The zero-order chi connectivity index (χ0) is 7.56. The van der Waals surface area contributed by atoms with Gasteiger partial charge in [0, 0.05) is 12.3 Å². The first-order valence-corrected chi connectivity index (χ1v) is 2.97. The van der Waals surface area contributed by atoms with Crippen LogP contribution >= 0.6 is 11.6 Å². The Morgan fingerprint density at radius 3 is 2.90 bits per heavy atom. The molecule has 0 fully saturated rings. The maximum absolute atomic E-state index is 10.7. The summed E-state index contributed by atoms with van der Waals surface area (Å²) in [5.41, 5.74) is 0.518. The number of aromatic amines is 1. The quantitative estimate of drug-likeness (QED) is 0.491. The maximum Gasteiger partial charge on any atom is 0.312 e. The van der Waals surface area contributed by atoms with E-state index >= 15 is 0 Å². The van der Waals surface area contributed by atoms with Gasteiger partial charge < -0.3 is 4.98 Å². The molecule has 0 atom stereocenters. The van der Waals surface area contributed by atoms with Crippen molar-refractivity contribution >= 4 is 17.3 Å². The number of hydrogen-bond donors (Lipinski definition) is 3. The summed E-state index contributed by atoms with van der Waals surface area (Å²) in [7, 11) is 0. The van der Waals surface area contributed by atoms with Crippen molar-refractivity contribution in [3.05, 3.63) is 27.6 Å². The second-order valence-electron chi connectivity index (χ2n) is 1.73. The van der Waals surface area contributed by atoms with Crippen molar-refractivity contribution in [2.24, 2.45) is 0 Å². The molecule has 0 aliphatic heterocycles. The Morgan fingerprint density at radius 2 is 2.40 bits per heavy atom. The predicted octanol–water partition coefficient (Wildman–Crippen LogP) is -0.388. The zero-order valence-electron chi connectivity index (χ0n) is 4.97. The molecule has 0 saturated carbocycles. The first kappa shape index (κ1) is 7.27. The number of aromatic nitrogens is 1. The molecule has 0 spiro atoms. The summed E-state index contributed by atoms with van der Waals surface area (Å²) in [6, 6.07) is 1.38. The fourth-order valence-corrected chi connectivity index (χ4v) is 0.742. The number of hydrogen-bond acceptors (Lipinski definition) is 2. The van der Waals surface area contributed by atoms with Gasteiger partial charge in [-0.1, -0.05) is 11.6 Å². The Kier molecular flexibility index (Phi) is 2.06. The van der Waals surface area contributed by atoms with Gasteiger partial charge in [0.2, 0.25) is 5.69 Å². The number of nitrogens with two attached hydrogens (primary N) is 1. The summed E-state index contributed by atoms with van der Waals surface area (Å²) >= 11 is 5.49.